The maximum Gasteiger partial charge on any atom is 0.394 e. The number of urea groups is 1. The summed E-state index contributed by atoms with van der Waals surface area (Å²) in [7, 11) is -3.90. The van der Waals surface area contributed by atoms with Crippen LogP contribution in [-0.2, 0) is 23.0 Å². The lowest BCUT2D eigenvalue weighted by atomic mass is 9.86. The van der Waals surface area contributed by atoms with E-state index in [1.54, 1.807) is 11.6 Å². The molecule has 2 aromatic rings. The second-order valence-corrected chi connectivity index (χ2v) is 13.1. The van der Waals surface area contributed by atoms with Gasteiger partial charge in [-0.15, -0.1) is 0 Å². The van der Waals surface area contributed by atoms with Crippen molar-refractivity contribution >= 4 is 33.6 Å². The van der Waals surface area contributed by atoms with Gasteiger partial charge in [0.15, 0.2) is 5.69 Å². The highest BCUT2D eigenvalue weighted by Crippen LogP contribution is 2.42. The number of hydrogen-bond donors (Lipinski definition) is 3. The fourth-order valence-electron chi connectivity index (χ4n) is 4.76. The first-order chi connectivity index (χ1) is 19.9. The summed E-state index contributed by atoms with van der Waals surface area (Å²) in [6.45, 7) is 0.537. The van der Waals surface area contributed by atoms with Gasteiger partial charge in [0.1, 0.15) is 5.75 Å². The van der Waals surface area contributed by atoms with E-state index >= 15 is 0 Å². The number of nitrogens with two attached hydrogens (primary N) is 1. The topological polar surface area (TPSA) is 158 Å². The largest absolute Gasteiger partial charge is 0.434 e. The van der Waals surface area contributed by atoms with Crippen LogP contribution in [0, 0.1) is 11.3 Å². The van der Waals surface area contributed by atoms with Crippen molar-refractivity contribution < 1.29 is 44.7 Å². The maximum absolute atomic E-state index is 13.4. The zero-order valence-corrected chi connectivity index (χ0v) is 25.0. The molecule has 1 aliphatic rings. The second-order valence-electron chi connectivity index (χ2n) is 10.8. The first-order valence-corrected chi connectivity index (χ1v) is 15.1. The van der Waals surface area contributed by atoms with E-state index < -0.39 is 57.6 Å². The van der Waals surface area contributed by atoms with Gasteiger partial charge in [-0.25, -0.2) is 17.9 Å². The summed E-state index contributed by atoms with van der Waals surface area (Å²) in [5.41, 5.74) is 2.24. The van der Waals surface area contributed by atoms with Crippen LogP contribution in [0.2, 0.25) is 5.02 Å². The van der Waals surface area contributed by atoms with Gasteiger partial charge in [-0.2, -0.15) is 27.1 Å². The molecule has 0 aromatic carbocycles. The van der Waals surface area contributed by atoms with Crippen molar-refractivity contribution in [1.82, 2.24) is 24.8 Å². The quantitative estimate of drug-likeness (QED) is 0.297. The first kappa shape index (κ1) is 34.3. The van der Waals surface area contributed by atoms with Gasteiger partial charge in [0, 0.05) is 37.5 Å². The van der Waals surface area contributed by atoms with Crippen LogP contribution in [0.25, 0.3) is 11.3 Å². The number of halogens is 6. The maximum atomic E-state index is 13.4. The standard InChI is InChI=1S/C25H32ClF5N6O5S/c1-4-37-20(16-12-33-14(9-17(16)42-22(27)28)10-24(2,3)25(29,30)31)18(26)19(35-37)21(38)34-11-13-5-7-15(8-6-13)43(40,41)36-23(32)39/h9,12-13,15,22H,4-8,10-11H2,1-3H3,(H,34,38)(H3,32,36,39). The number of sulfonamides is 1. The number of pyridine rings is 1. The van der Waals surface area contributed by atoms with E-state index in [4.69, 9.17) is 17.3 Å². The van der Waals surface area contributed by atoms with Crippen LogP contribution in [0.5, 0.6) is 5.75 Å². The number of primary amides is 1. The van der Waals surface area contributed by atoms with Crippen LogP contribution in [0.4, 0.5) is 26.7 Å². The Hall–Kier alpha value is -3.21. The molecule has 0 saturated heterocycles. The molecule has 4 N–H and O–H groups in total. The number of amides is 3. The van der Waals surface area contributed by atoms with E-state index in [0.29, 0.717) is 12.8 Å². The minimum absolute atomic E-state index is 0.00626. The van der Waals surface area contributed by atoms with Gasteiger partial charge in [-0.05, 0) is 38.5 Å². The molecule has 2 heterocycles. The summed E-state index contributed by atoms with van der Waals surface area (Å²) in [4.78, 5) is 28.0. The molecule has 0 spiro atoms. The Balaban J connectivity index is 1.80. The van der Waals surface area contributed by atoms with Gasteiger partial charge in [-0.3, -0.25) is 14.5 Å². The minimum atomic E-state index is -4.58. The van der Waals surface area contributed by atoms with Gasteiger partial charge in [-0.1, -0.05) is 25.4 Å². The fraction of sp³-hybridized carbons (Fsp3) is 0.600. The van der Waals surface area contributed by atoms with Crippen LogP contribution < -0.4 is 20.5 Å². The van der Waals surface area contributed by atoms with Gasteiger partial charge >= 0.3 is 18.8 Å². The lowest BCUT2D eigenvalue weighted by molar-refractivity contribution is -0.211. The van der Waals surface area contributed by atoms with E-state index in [9.17, 15) is 40.0 Å². The van der Waals surface area contributed by atoms with E-state index in [-0.39, 0.29) is 59.5 Å². The molecule has 43 heavy (non-hydrogen) atoms. The Morgan fingerprint density at radius 1 is 1.21 bits per heavy atom. The number of hydrogen-bond acceptors (Lipinski definition) is 7. The highest BCUT2D eigenvalue weighted by atomic mass is 35.5. The normalized spacial score (nSPS) is 18.0. The van der Waals surface area contributed by atoms with Crippen molar-refractivity contribution in [3.63, 3.8) is 0 Å². The summed E-state index contributed by atoms with van der Waals surface area (Å²) >= 11 is 6.51. The van der Waals surface area contributed by atoms with Crippen LogP contribution >= 0.6 is 11.6 Å². The predicted molar refractivity (Wildman–Crippen MR) is 146 cm³/mol. The Morgan fingerprint density at radius 2 is 1.84 bits per heavy atom. The van der Waals surface area contributed by atoms with Crippen molar-refractivity contribution in [2.45, 2.75) is 77.5 Å². The summed E-state index contributed by atoms with van der Waals surface area (Å²) in [6.07, 6.45) is -2.78. The number of aromatic nitrogens is 3. The molecule has 1 aliphatic carbocycles. The van der Waals surface area contributed by atoms with Crippen LogP contribution in [0.1, 0.15) is 62.6 Å². The SMILES string of the molecule is CCn1nc(C(=O)NCC2CCC(S(=O)(=O)NC(N)=O)CC2)c(Cl)c1-c1cnc(CC(C)(C)C(F)(F)F)cc1OC(F)F. The van der Waals surface area contributed by atoms with E-state index in [0.717, 1.165) is 26.1 Å². The Kier molecular flexibility index (Phi) is 10.5. The monoisotopic (exact) mass is 658 g/mol. The number of rotatable bonds is 11. The Bertz CT molecular complexity index is 1440. The molecule has 2 aromatic heterocycles. The summed E-state index contributed by atoms with van der Waals surface area (Å²) in [5, 5.41) is 5.88. The third-order valence-corrected chi connectivity index (χ3v) is 9.41. The number of nitrogens with one attached hydrogen (secondary N) is 2. The zero-order chi connectivity index (χ0) is 32.3. The van der Waals surface area contributed by atoms with Gasteiger partial charge in [0.25, 0.3) is 5.91 Å². The van der Waals surface area contributed by atoms with E-state index in [1.165, 1.54) is 4.68 Å². The molecule has 0 radical (unpaired) electrons. The van der Waals surface area contributed by atoms with Crippen molar-refractivity contribution in [3.05, 3.63) is 28.7 Å². The van der Waals surface area contributed by atoms with Crippen molar-refractivity contribution in [1.29, 1.82) is 0 Å². The number of alkyl halides is 5. The lowest BCUT2D eigenvalue weighted by Crippen LogP contribution is -2.43. The molecule has 11 nitrogen and oxygen atoms in total. The summed E-state index contributed by atoms with van der Waals surface area (Å²) in [5.74, 6) is -1.25. The van der Waals surface area contributed by atoms with Gasteiger partial charge in [0.2, 0.25) is 10.0 Å². The third-order valence-electron chi connectivity index (χ3n) is 7.22. The molecule has 0 atom stereocenters. The predicted octanol–water partition coefficient (Wildman–Crippen LogP) is 4.64. The minimum Gasteiger partial charge on any atom is -0.434 e. The molecule has 18 heteroatoms. The highest BCUT2D eigenvalue weighted by Gasteiger charge is 2.47. The van der Waals surface area contributed by atoms with Crippen LogP contribution in [-0.4, -0.2) is 59.7 Å². The Morgan fingerprint density at radius 3 is 2.37 bits per heavy atom. The molecule has 0 unspecified atom stereocenters. The van der Waals surface area contributed by atoms with Gasteiger partial charge in [0.05, 0.1) is 26.9 Å². The number of aryl methyl sites for hydroxylation is 1. The molecule has 1 fully saturated rings. The molecule has 240 valence electrons. The average molecular weight is 659 g/mol. The number of carbonyl (C=O) groups is 2. The van der Waals surface area contributed by atoms with E-state index in [2.05, 4.69) is 20.1 Å². The summed E-state index contributed by atoms with van der Waals surface area (Å²) in [6, 6.07) is -0.185. The first-order valence-electron chi connectivity index (χ1n) is 13.2. The Labute approximate surface area is 249 Å². The average Bonchev–Trinajstić information content (AvgIpc) is 3.21. The molecule has 0 bridgehead atoms. The van der Waals surface area contributed by atoms with Crippen LogP contribution in [0.15, 0.2) is 12.3 Å². The molecular weight excluding hydrogens is 627 g/mol. The lowest BCUT2D eigenvalue weighted by Gasteiger charge is -2.28. The fourth-order valence-corrected chi connectivity index (χ4v) is 6.42. The van der Waals surface area contributed by atoms with E-state index in [1.807, 2.05) is 0 Å². The smallest absolute Gasteiger partial charge is 0.394 e. The second kappa shape index (κ2) is 13.2. The van der Waals surface area contributed by atoms with Gasteiger partial charge < -0.3 is 15.8 Å². The van der Waals surface area contributed by atoms with Crippen molar-refractivity contribution in [2.24, 2.45) is 17.1 Å². The zero-order valence-electron chi connectivity index (χ0n) is 23.5. The summed E-state index contributed by atoms with van der Waals surface area (Å²) < 4.78 is 98.8. The van der Waals surface area contributed by atoms with Crippen LogP contribution in [0.3, 0.4) is 0 Å². The third kappa shape index (κ3) is 8.25. The molecule has 3 amide bonds. The molecule has 1 saturated carbocycles. The van der Waals surface area contributed by atoms with Crippen molar-refractivity contribution in [3.8, 4) is 17.0 Å². The number of nitrogens with zero attached hydrogens (tertiary/aromatic N) is 3. The molecule has 3 rings (SSSR count). The molecular formula is C25H32ClF5N6O5S. The number of ether oxygens (including phenoxy) is 1. The van der Waals surface area contributed by atoms with Crippen molar-refractivity contribution in [2.75, 3.05) is 6.54 Å². The number of carbonyl (C=O) groups excluding carboxylic acids is 2. The molecule has 0 aliphatic heterocycles. The highest BCUT2D eigenvalue weighted by molar-refractivity contribution is 7.90.